The molecule has 2 rings (SSSR count). The molecule has 0 spiro atoms. The second-order valence-electron chi connectivity index (χ2n) is 6.27. The van der Waals surface area contributed by atoms with Crippen LogP contribution in [0.2, 0.25) is 0 Å². The number of rotatable bonds is 3. The maximum absolute atomic E-state index is 3.34. The summed E-state index contributed by atoms with van der Waals surface area (Å²) < 4.78 is 0. The molecule has 2 aliphatic rings. The highest BCUT2D eigenvalue weighted by Gasteiger charge is 2.14. The van der Waals surface area contributed by atoms with Gasteiger partial charge >= 0.3 is 0 Å². The first-order valence-electron chi connectivity index (χ1n) is 8.34. The molecule has 1 N–H and O–H groups in total. The van der Waals surface area contributed by atoms with Gasteiger partial charge in [0, 0.05) is 25.3 Å². The van der Waals surface area contributed by atoms with Gasteiger partial charge in [-0.1, -0.05) is 13.3 Å². The van der Waals surface area contributed by atoms with Crippen molar-refractivity contribution >= 4 is 0 Å². The van der Waals surface area contributed by atoms with Gasteiger partial charge in [0.2, 0.25) is 0 Å². The summed E-state index contributed by atoms with van der Waals surface area (Å²) in [6.45, 7) is 15.3. The Balaban J connectivity index is 0.000000191. The topological polar surface area (TPSA) is 18.5 Å². The van der Waals surface area contributed by atoms with Crippen LogP contribution in [-0.4, -0.2) is 54.7 Å². The zero-order chi connectivity index (χ0) is 14.1. The largest absolute Gasteiger partial charge is 0.304 e. The van der Waals surface area contributed by atoms with Crippen molar-refractivity contribution in [3.63, 3.8) is 0 Å². The molecule has 1 unspecified atom stereocenters. The number of piperidine rings is 1. The van der Waals surface area contributed by atoms with Crippen molar-refractivity contribution in [2.75, 3.05) is 32.8 Å². The molecule has 114 valence electrons. The standard InChI is InChI=1S/C9H19N.C7H16N2/c1-3-9(2)10-7-5-4-6-8-10;1-7(2)9-5-3-4-8-6-9/h9H,3-8H2,1-2H3;7-8H,3-6H2,1-2H3. The van der Waals surface area contributed by atoms with Crippen molar-refractivity contribution in [2.45, 2.75) is 71.9 Å². The molecular weight excluding hydrogens is 234 g/mol. The molecule has 0 aromatic heterocycles. The van der Waals surface area contributed by atoms with Crippen molar-refractivity contribution in [3.05, 3.63) is 0 Å². The Morgan fingerprint density at radius 3 is 1.95 bits per heavy atom. The third-order valence-electron chi connectivity index (χ3n) is 4.45. The summed E-state index contributed by atoms with van der Waals surface area (Å²) in [5.74, 6) is 0. The molecule has 2 fully saturated rings. The van der Waals surface area contributed by atoms with Gasteiger partial charge in [-0.05, 0) is 66.1 Å². The number of hydrogen-bond donors (Lipinski definition) is 1. The zero-order valence-electron chi connectivity index (χ0n) is 13.6. The first-order chi connectivity index (χ1) is 9.15. The monoisotopic (exact) mass is 269 g/mol. The van der Waals surface area contributed by atoms with Crippen LogP contribution >= 0.6 is 0 Å². The summed E-state index contributed by atoms with van der Waals surface area (Å²) in [4.78, 5) is 5.06. The lowest BCUT2D eigenvalue weighted by Gasteiger charge is -2.31. The third kappa shape index (κ3) is 6.73. The molecule has 2 aliphatic heterocycles. The van der Waals surface area contributed by atoms with E-state index < -0.39 is 0 Å². The summed E-state index contributed by atoms with van der Waals surface area (Å²) in [7, 11) is 0. The summed E-state index contributed by atoms with van der Waals surface area (Å²) in [6, 6.07) is 1.53. The van der Waals surface area contributed by atoms with Crippen molar-refractivity contribution in [1.29, 1.82) is 0 Å². The Morgan fingerprint density at radius 1 is 0.895 bits per heavy atom. The highest BCUT2D eigenvalue weighted by Crippen LogP contribution is 2.13. The molecule has 0 bridgehead atoms. The molecule has 0 aromatic carbocycles. The van der Waals surface area contributed by atoms with Gasteiger partial charge in [-0.2, -0.15) is 0 Å². The van der Waals surface area contributed by atoms with Crippen LogP contribution in [0.1, 0.15) is 59.8 Å². The van der Waals surface area contributed by atoms with E-state index in [0.717, 1.165) is 12.7 Å². The van der Waals surface area contributed by atoms with Crippen molar-refractivity contribution in [2.24, 2.45) is 0 Å². The van der Waals surface area contributed by atoms with E-state index in [1.807, 2.05) is 0 Å². The average molecular weight is 269 g/mol. The van der Waals surface area contributed by atoms with Gasteiger partial charge < -0.3 is 10.2 Å². The van der Waals surface area contributed by atoms with E-state index in [1.165, 1.54) is 58.3 Å². The van der Waals surface area contributed by atoms with Crippen LogP contribution < -0.4 is 5.32 Å². The lowest BCUT2D eigenvalue weighted by molar-refractivity contribution is 0.170. The minimum absolute atomic E-state index is 0.706. The highest BCUT2D eigenvalue weighted by atomic mass is 15.3. The molecule has 0 aromatic rings. The number of nitrogens with one attached hydrogen (secondary N) is 1. The van der Waals surface area contributed by atoms with E-state index in [1.54, 1.807) is 0 Å². The molecule has 0 radical (unpaired) electrons. The second-order valence-corrected chi connectivity index (χ2v) is 6.27. The third-order valence-corrected chi connectivity index (χ3v) is 4.45. The Bertz CT molecular complexity index is 206. The number of nitrogens with zero attached hydrogens (tertiary/aromatic N) is 2. The molecule has 0 aliphatic carbocycles. The predicted octanol–water partition coefficient (Wildman–Crippen LogP) is 2.92. The molecular formula is C16H35N3. The van der Waals surface area contributed by atoms with Gasteiger partial charge in [0.25, 0.3) is 0 Å². The SMILES string of the molecule is CC(C)N1CCCNC1.CCC(C)N1CCCCC1. The fraction of sp³-hybridized carbons (Fsp3) is 1.00. The highest BCUT2D eigenvalue weighted by molar-refractivity contribution is 4.69. The van der Waals surface area contributed by atoms with E-state index in [2.05, 4.69) is 42.8 Å². The maximum Gasteiger partial charge on any atom is 0.0482 e. The van der Waals surface area contributed by atoms with Crippen LogP contribution in [0.15, 0.2) is 0 Å². The molecule has 1 atom stereocenters. The van der Waals surface area contributed by atoms with E-state index in [0.29, 0.717) is 6.04 Å². The quantitative estimate of drug-likeness (QED) is 0.850. The van der Waals surface area contributed by atoms with E-state index in [4.69, 9.17) is 0 Å². The van der Waals surface area contributed by atoms with Crippen LogP contribution in [-0.2, 0) is 0 Å². The summed E-state index contributed by atoms with van der Waals surface area (Å²) >= 11 is 0. The van der Waals surface area contributed by atoms with Gasteiger partial charge in [-0.15, -0.1) is 0 Å². The molecule has 0 amide bonds. The smallest absolute Gasteiger partial charge is 0.0482 e. The maximum atomic E-state index is 3.34. The van der Waals surface area contributed by atoms with E-state index in [9.17, 15) is 0 Å². The summed E-state index contributed by atoms with van der Waals surface area (Å²) in [5.41, 5.74) is 0. The first kappa shape index (κ1) is 16.9. The Labute approximate surface area is 120 Å². The average Bonchev–Trinajstić information content (AvgIpc) is 2.49. The summed E-state index contributed by atoms with van der Waals surface area (Å²) in [5, 5.41) is 3.34. The number of likely N-dealkylation sites (tertiary alicyclic amines) is 1. The Hall–Kier alpha value is -0.120. The van der Waals surface area contributed by atoms with Crippen LogP contribution in [0.4, 0.5) is 0 Å². The second kappa shape index (κ2) is 9.73. The molecule has 2 heterocycles. The molecule has 2 saturated heterocycles. The fourth-order valence-corrected chi connectivity index (χ4v) is 2.77. The van der Waals surface area contributed by atoms with Gasteiger partial charge in [0.05, 0.1) is 0 Å². The van der Waals surface area contributed by atoms with Crippen LogP contribution in [0.5, 0.6) is 0 Å². The lowest BCUT2D eigenvalue weighted by Crippen LogP contribution is -2.44. The zero-order valence-corrected chi connectivity index (χ0v) is 13.6. The summed E-state index contributed by atoms with van der Waals surface area (Å²) in [6.07, 6.45) is 6.90. The Morgan fingerprint density at radius 2 is 1.53 bits per heavy atom. The van der Waals surface area contributed by atoms with Gasteiger partial charge in [-0.3, -0.25) is 4.90 Å². The Kier molecular flexibility index (Phi) is 8.67. The predicted molar refractivity (Wildman–Crippen MR) is 84.5 cm³/mol. The minimum Gasteiger partial charge on any atom is -0.304 e. The van der Waals surface area contributed by atoms with Gasteiger partial charge in [0.1, 0.15) is 0 Å². The van der Waals surface area contributed by atoms with Crippen molar-refractivity contribution < 1.29 is 0 Å². The van der Waals surface area contributed by atoms with Crippen molar-refractivity contribution in [3.8, 4) is 0 Å². The van der Waals surface area contributed by atoms with E-state index in [-0.39, 0.29) is 0 Å². The van der Waals surface area contributed by atoms with E-state index >= 15 is 0 Å². The minimum atomic E-state index is 0.706. The van der Waals surface area contributed by atoms with Crippen LogP contribution in [0.25, 0.3) is 0 Å². The normalized spacial score (nSPS) is 23.8. The van der Waals surface area contributed by atoms with Gasteiger partial charge in [0.15, 0.2) is 0 Å². The van der Waals surface area contributed by atoms with Crippen LogP contribution in [0.3, 0.4) is 0 Å². The fourth-order valence-electron chi connectivity index (χ4n) is 2.77. The first-order valence-corrected chi connectivity index (χ1v) is 8.34. The molecule has 19 heavy (non-hydrogen) atoms. The number of hydrogen-bond acceptors (Lipinski definition) is 3. The van der Waals surface area contributed by atoms with Gasteiger partial charge in [-0.25, -0.2) is 0 Å². The molecule has 0 saturated carbocycles. The molecule has 3 nitrogen and oxygen atoms in total. The molecule has 3 heteroatoms. The van der Waals surface area contributed by atoms with Crippen molar-refractivity contribution in [1.82, 2.24) is 15.1 Å². The lowest BCUT2D eigenvalue weighted by atomic mass is 10.1. The van der Waals surface area contributed by atoms with Crippen LogP contribution in [0, 0.1) is 0 Å².